The first-order valence-electron chi connectivity index (χ1n) is 9.67. The molecule has 0 spiro atoms. The predicted molar refractivity (Wildman–Crippen MR) is 111 cm³/mol. The summed E-state index contributed by atoms with van der Waals surface area (Å²) in [7, 11) is 3.48. The van der Waals surface area contributed by atoms with Crippen LogP contribution in [-0.4, -0.2) is 49.0 Å². The third-order valence-electron chi connectivity index (χ3n) is 5.50. The highest BCUT2D eigenvalue weighted by Crippen LogP contribution is 2.27. The standard InChI is InChI=1S/C23H24FN3O2/c1-26(19-10-11-25-14-19)20-8-7-18-5-3-4-16(13-23(28)27(18)15-20)17-6-9-22(29-2)21(24)12-17/h3-9,12-13,15,19,25H,10-11,14H2,1-2H3/b4-3+,16-13+,18-5+/t19-/m1/s1. The van der Waals surface area contributed by atoms with Crippen molar-refractivity contribution in [3.05, 3.63) is 83.6 Å². The Morgan fingerprint density at radius 2 is 2.14 bits per heavy atom. The van der Waals surface area contributed by atoms with Crippen LogP contribution < -0.4 is 10.1 Å². The molecule has 0 aromatic heterocycles. The van der Waals surface area contributed by atoms with Crippen LogP contribution in [0.4, 0.5) is 4.39 Å². The second-order valence-corrected chi connectivity index (χ2v) is 7.25. The van der Waals surface area contributed by atoms with Gasteiger partial charge in [0.15, 0.2) is 11.6 Å². The summed E-state index contributed by atoms with van der Waals surface area (Å²) in [4.78, 5) is 16.9. The van der Waals surface area contributed by atoms with Gasteiger partial charge in [-0.25, -0.2) is 4.39 Å². The van der Waals surface area contributed by atoms with Crippen molar-refractivity contribution in [2.24, 2.45) is 0 Å². The number of fused-ring (bicyclic) bond motifs is 1. The van der Waals surface area contributed by atoms with Crippen molar-refractivity contribution in [1.82, 2.24) is 15.1 Å². The molecule has 29 heavy (non-hydrogen) atoms. The lowest BCUT2D eigenvalue weighted by molar-refractivity contribution is -0.122. The number of carbonyl (C=O) groups excluding carboxylic acids is 1. The first-order chi connectivity index (χ1) is 14.1. The van der Waals surface area contributed by atoms with Gasteiger partial charge >= 0.3 is 0 Å². The van der Waals surface area contributed by atoms with E-state index in [0.29, 0.717) is 17.2 Å². The fourth-order valence-corrected chi connectivity index (χ4v) is 3.74. The smallest absolute Gasteiger partial charge is 0.255 e. The number of ether oxygens (including phenoxy) is 1. The molecule has 4 rings (SSSR count). The van der Waals surface area contributed by atoms with Crippen molar-refractivity contribution in [2.75, 3.05) is 27.2 Å². The van der Waals surface area contributed by atoms with E-state index in [1.165, 1.54) is 19.3 Å². The highest BCUT2D eigenvalue weighted by molar-refractivity contribution is 5.99. The number of rotatable bonds is 4. The Labute approximate surface area is 170 Å². The number of amides is 1. The number of halogens is 1. The van der Waals surface area contributed by atoms with E-state index in [9.17, 15) is 9.18 Å². The number of hydrogen-bond donors (Lipinski definition) is 1. The van der Waals surface area contributed by atoms with Crippen LogP contribution in [0, 0.1) is 5.82 Å². The number of allylic oxidation sites excluding steroid dienone is 6. The fourth-order valence-electron chi connectivity index (χ4n) is 3.74. The van der Waals surface area contributed by atoms with E-state index >= 15 is 0 Å². The van der Waals surface area contributed by atoms with E-state index < -0.39 is 5.82 Å². The molecule has 3 aliphatic rings. The van der Waals surface area contributed by atoms with Gasteiger partial charge in [-0.1, -0.05) is 18.2 Å². The van der Waals surface area contributed by atoms with E-state index in [-0.39, 0.29) is 11.7 Å². The quantitative estimate of drug-likeness (QED) is 0.853. The maximum Gasteiger partial charge on any atom is 0.255 e. The maximum atomic E-state index is 14.1. The lowest BCUT2D eigenvalue weighted by Gasteiger charge is -2.32. The summed E-state index contributed by atoms with van der Waals surface area (Å²) < 4.78 is 19.1. The zero-order valence-corrected chi connectivity index (χ0v) is 16.6. The highest BCUT2D eigenvalue weighted by Gasteiger charge is 2.24. The molecule has 0 bridgehead atoms. The molecule has 3 heterocycles. The summed E-state index contributed by atoms with van der Waals surface area (Å²) in [6.45, 7) is 1.95. The van der Waals surface area contributed by atoms with Crippen molar-refractivity contribution in [1.29, 1.82) is 0 Å². The molecule has 0 unspecified atom stereocenters. The Kier molecular flexibility index (Phi) is 5.36. The van der Waals surface area contributed by atoms with E-state index in [1.54, 1.807) is 17.0 Å². The van der Waals surface area contributed by atoms with Gasteiger partial charge in [-0.3, -0.25) is 9.69 Å². The maximum absolute atomic E-state index is 14.1. The minimum absolute atomic E-state index is 0.174. The van der Waals surface area contributed by atoms with Gasteiger partial charge in [0.2, 0.25) is 0 Å². The monoisotopic (exact) mass is 393 g/mol. The third kappa shape index (κ3) is 3.89. The molecule has 1 fully saturated rings. The fraction of sp³-hybridized carbons (Fsp3) is 0.261. The van der Waals surface area contributed by atoms with Gasteiger partial charge in [0.25, 0.3) is 5.91 Å². The number of methoxy groups -OCH3 is 1. The summed E-state index contributed by atoms with van der Waals surface area (Å²) in [5, 5.41) is 3.37. The van der Waals surface area contributed by atoms with Gasteiger partial charge in [0.1, 0.15) is 0 Å². The summed E-state index contributed by atoms with van der Waals surface area (Å²) in [5.41, 5.74) is 3.05. The Hall–Kier alpha value is -3.12. The molecule has 0 aliphatic carbocycles. The van der Waals surface area contributed by atoms with Crippen molar-refractivity contribution >= 4 is 11.5 Å². The van der Waals surface area contributed by atoms with E-state index in [2.05, 4.69) is 17.3 Å². The molecule has 1 atom stereocenters. The molecule has 0 saturated carbocycles. The van der Waals surface area contributed by atoms with Crippen LogP contribution in [0.25, 0.3) is 5.57 Å². The molecule has 3 aliphatic heterocycles. The van der Waals surface area contributed by atoms with E-state index in [4.69, 9.17) is 4.74 Å². The van der Waals surface area contributed by atoms with Crippen molar-refractivity contribution in [3.63, 3.8) is 0 Å². The number of hydrogen-bond acceptors (Lipinski definition) is 4. The summed E-state index contributed by atoms with van der Waals surface area (Å²) >= 11 is 0. The lowest BCUT2D eigenvalue weighted by Crippen LogP contribution is -2.35. The van der Waals surface area contributed by atoms with Gasteiger partial charge in [-0.2, -0.15) is 0 Å². The number of nitrogens with one attached hydrogen (secondary N) is 1. The summed E-state index contributed by atoms with van der Waals surface area (Å²) in [5.74, 6) is -0.456. The molecule has 1 saturated heterocycles. The van der Waals surface area contributed by atoms with E-state index in [1.807, 2.05) is 36.6 Å². The normalized spacial score (nSPS) is 25.8. The molecule has 1 aromatic carbocycles. The van der Waals surface area contributed by atoms with Crippen LogP contribution in [-0.2, 0) is 4.79 Å². The van der Waals surface area contributed by atoms with Crippen LogP contribution in [0.3, 0.4) is 0 Å². The summed E-state index contributed by atoms with van der Waals surface area (Å²) in [6.07, 6.45) is 14.0. The minimum Gasteiger partial charge on any atom is -0.494 e. The Morgan fingerprint density at radius 1 is 1.28 bits per heavy atom. The Bertz CT molecular complexity index is 968. The van der Waals surface area contributed by atoms with Gasteiger partial charge in [-0.15, -0.1) is 0 Å². The first-order valence-corrected chi connectivity index (χ1v) is 9.67. The average Bonchev–Trinajstić information content (AvgIpc) is 3.26. The molecule has 5 nitrogen and oxygen atoms in total. The largest absolute Gasteiger partial charge is 0.494 e. The van der Waals surface area contributed by atoms with Crippen LogP contribution >= 0.6 is 0 Å². The topological polar surface area (TPSA) is 44.8 Å². The van der Waals surface area contributed by atoms with Crippen LogP contribution in [0.1, 0.15) is 12.0 Å². The third-order valence-corrected chi connectivity index (χ3v) is 5.50. The zero-order valence-electron chi connectivity index (χ0n) is 16.6. The second kappa shape index (κ2) is 8.09. The van der Waals surface area contributed by atoms with Crippen molar-refractivity contribution in [2.45, 2.75) is 12.5 Å². The highest BCUT2D eigenvalue weighted by atomic mass is 19.1. The van der Waals surface area contributed by atoms with Crippen LogP contribution in [0.5, 0.6) is 5.75 Å². The molecule has 1 N–H and O–H groups in total. The van der Waals surface area contributed by atoms with Crippen LogP contribution in [0.2, 0.25) is 0 Å². The molecule has 6 heteroatoms. The molecule has 0 radical (unpaired) electrons. The van der Waals surface area contributed by atoms with Crippen molar-refractivity contribution in [3.8, 4) is 5.75 Å². The predicted octanol–water partition coefficient (Wildman–Crippen LogP) is 3.20. The molecule has 1 aromatic rings. The summed E-state index contributed by atoms with van der Waals surface area (Å²) in [6, 6.07) is 5.10. The Balaban J connectivity index is 1.64. The lowest BCUT2D eigenvalue weighted by atomic mass is 10.0. The van der Waals surface area contributed by atoms with E-state index in [0.717, 1.165) is 30.9 Å². The van der Waals surface area contributed by atoms with Gasteiger partial charge < -0.3 is 15.0 Å². The van der Waals surface area contributed by atoms with Gasteiger partial charge in [0, 0.05) is 37.6 Å². The number of nitrogens with zero attached hydrogens (tertiary/aromatic N) is 2. The zero-order chi connectivity index (χ0) is 20.4. The molecular weight excluding hydrogens is 369 g/mol. The number of likely N-dealkylation sites (N-methyl/N-ethyl adjacent to an activating group) is 1. The average molecular weight is 393 g/mol. The second-order valence-electron chi connectivity index (χ2n) is 7.25. The SMILES string of the molecule is COc1ccc(C2=C\C(=O)N3C=C(N(C)[C@@H]4CCNC4)C=C\C3=C/C=C/2)cc1F. The van der Waals surface area contributed by atoms with Crippen molar-refractivity contribution < 1.29 is 13.9 Å². The van der Waals surface area contributed by atoms with Gasteiger partial charge in [-0.05, 0) is 54.5 Å². The van der Waals surface area contributed by atoms with Gasteiger partial charge in [0.05, 0.1) is 12.8 Å². The first kappa shape index (κ1) is 19.2. The van der Waals surface area contributed by atoms with Crippen LogP contribution in [0.15, 0.2) is 72.2 Å². The molecule has 150 valence electrons. The number of benzene rings is 1. The minimum atomic E-state index is -0.458. The number of carbonyl (C=O) groups is 1. The Morgan fingerprint density at radius 3 is 2.86 bits per heavy atom. The molecule has 1 amide bonds. The molecular formula is C23H24FN3O2.